The van der Waals surface area contributed by atoms with Crippen LogP contribution in [0.25, 0.3) is 11.8 Å². The second-order valence-electron chi connectivity index (χ2n) is 11.4. The molecule has 0 radical (unpaired) electrons. The van der Waals surface area contributed by atoms with Gasteiger partial charge >= 0.3 is 0 Å². The zero-order chi connectivity index (χ0) is 25.4. The molecule has 5 heteroatoms. The molecule has 36 heavy (non-hydrogen) atoms. The number of aryl methyl sites for hydroxylation is 3. The summed E-state index contributed by atoms with van der Waals surface area (Å²) in [5.41, 5.74) is 9.35. The van der Waals surface area contributed by atoms with E-state index in [-0.39, 0.29) is 6.04 Å². The van der Waals surface area contributed by atoms with Crippen molar-refractivity contribution < 1.29 is 0 Å². The van der Waals surface area contributed by atoms with Gasteiger partial charge in [0.1, 0.15) is 0 Å². The first-order valence-corrected chi connectivity index (χ1v) is 13.4. The molecule has 2 fully saturated rings. The lowest BCUT2D eigenvalue weighted by Gasteiger charge is -2.45. The molecule has 190 valence electrons. The van der Waals surface area contributed by atoms with Crippen LogP contribution in [0.3, 0.4) is 0 Å². The van der Waals surface area contributed by atoms with E-state index in [2.05, 4.69) is 96.8 Å². The minimum atomic E-state index is 0.287. The van der Waals surface area contributed by atoms with Crippen LogP contribution in [0, 0.1) is 19.3 Å². The first kappa shape index (κ1) is 24.9. The van der Waals surface area contributed by atoms with Crippen LogP contribution in [0.4, 0.5) is 0 Å². The van der Waals surface area contributed by atoms with Crippen LogP contribution in [0.1, 0.15) is 67.2 Å². The lowest BCUT2D eigenvalue weighted by Crippen LogP contribution is -2.48. The van der Waals surface area contributed by atoms with E-state index in [1.165, 1.54) is 53.9 Å². The molecule has 1 spiro atoms. The average molecular weight is 484 g/mol. The van der Waals surface area contributed by atoms with Gasteiger partial charge in [-0.05, 0) is 101 Å². The van der Waals surface area contributed by atoms with Gasteiger partial charge < -0.3 is 9.47 Å². The van der Waals surface area contributed by atoms with Crippen molar-refractivity contribution >= 4 is 6.08 Å². The Morgan fingerprint density at radius 2 is 1.94 bits per heavy atom. The number of pyridine rings is 1. The normalized spacial score (nSPS) is 21.4. The lowest BCUT2D eigenvalue weighted by atomic mass is 9.83. The second kappa shape index (κ2) is 9.95. The summed E-state index contributed by atoms with van der Waals surface area (Å²) in [5.74, 6) is 0. The van der Waals surface area contributed by atoms with Gasteiger partial charge in [0.2, 0.25) is 0 Å². The highest BCUT2D eigenvalue weighted by atomic mass is 15.2. The number of hydrogen-bond donors (Lipinski definition) is 0. The van der Waals surface area contributed by atoms with Crippen LogP contribution >= 0.6 is 0 Å². The number of imidazole rings is 1. The van der Waals surface area contributed by atoms with E-state index < -0.39 is 0 Å². The predicted octanol–water partition coefficient (Wildman–Crippen LogP) is 6.01. The molecule has 5 rings (SSSR count). The van der Waals surface area contributed by atoms with E-state index >= 15 is 0 Å². The van der Waals surface area contributed by atoms with Gasteiger partial charge in [-0.25, -0.2) is 4.98 Å². The van der Waals surface area contributed by atoms with Crippen molar-refractivity contribution in [3.05, 3.63) is 82.7 Å². The predicted molar refractivity (Wildman–Crippen MR) is 148 cm³/mol. The summed E-state index contributed by atoms with van der Waals surface area (Å²) in [6, 6.07) is 12.0. The van der Waals surface area contributed by atoms with Crippen LogP contribution in [0.5, 0.6) is 0 Å². The maximum absolute atomic E-state index is 4.89. The fourth-order valence-electron chi connectivity index (χ4n) is 5.83. The summed E-state index contributed by atoms with van der Waals surface area (Å²) in [7, 11) is 4.35. The van der Waals surface area contributed by atoms with Crippen molar-refractivity contribution in [1.29, 1.82) is 0 Å². The summed E-state index contributed by atoms with van der Waals surface area (Å²) in [6.07, 6.45) is 13.4. The third-order valence-corrected chi connectivity index (χ3v) is 8.13. The molecule has 2 unspecified atom stereocenters. The zero-order valence-corrected chi connectivity index (χ0v) is 22.8. The largest absolute Gasteiger partial charge is 0.307 e. The topological polar surface area (TPSA) is 37.2 Å². The SMILES string of the molecule is CCc1cc(/C=C2\CC3(CC3)CN(C(CN(C)C)c3ccc(C)cn3)C2C)ccc1-n1cnc(C)c1. The number of nitrogens with zero attached hydrogens (tertiary/aromatic N) is 5. The Balaban J connectivity index is 1.48. The number of likely N-dealkylation sites (N-methyl/N-ethyl adjacent to an activating group) is 1. The Labute approximate surface area is 216 Å². The highest BCUT2D eigenvalue weighted by Crippen LogP contribution is 2.56. The van der Waals surface area contributed by atoms with Crippen LogP contribution in [-0.4, -0.2) is 57.6 Å². The number of aromatic nitrogens is 3. The molecule has 5 nitrogen and oxygen atoms in total. The molecule has 2 aliphatic rings. The van der Waals surface area contributed by atoms with Crippen molar-refractivity contribution in [2.24, 2.45) is 5.41 Å². The minimum absolute atomic E-state index is 0.287. The van der Waals surface area contributed by atoms with Gasteiger partial charge in [0.05, 0.1) is 23.8 Å². The molecule has 3 heterocycles. The third kappa shape index (κ3) is 5.18. The van der Waals surface area contributed by atoms with E-state index in [0.717, 1.165) is 18.7 Å². The molecule has 2 aromatic heterocycles. The van der Waals surface area contributed by atoms with Crippen LogP contribution < -0.4 is 0 Å². The molecule has 3 aromatic rings. The number of benzene rings is 1. The molecule has 1 aromatic carbocycles. The van der Waals surface area contributed by atoms with E-state index in [9.17, 15) is 0 Å². The molecular weight excluding hydrogens is 442 g/mol. The van der Waals surface area contributed by atoms with E-state index in [1.807, 2.05) is 19.4 Å². The van der Waals surface area contributed by atoms with Gasteiger partial charge in [0, 0.05) is 37.2 Å². The maximum Gasteiger partial charge on any atom is 0.0995 e. The van der Waals surface area contributed by atoms with Crippen molar-refractivity contribution in [2.75, 3.05) is 27.2 Å². The number of hydrogen-bond acceptors (Lipinski definition) is 4. The highest BCUT2D eigenvalue weighted by molar-refractivity contribution is 5.59. The van der Waals surface area contributed by atoms with Crippen molar-refractivity contribution in [1.82, 2.24) is 24.3 Å². The van der Waals surface area contributed by atoms with Gasteiger partial charge in [-0.15, -0.1) is 0 Å². The van der Waals surface area contributed by atoms with Crippen LogP contribution in [0.2, 0.25) is 0 Å². The number of likely N-dealkylation sites (tertiary alicyclic amines) is 1. The maximum atomic E-state index is 4.89. The van der Waals surface area contributed by atoms with Crippen molar-refractivity contribution in [2.45, 2.75) is 65.5 Å². The monoisotopic (exact) mass is 483 g/mol. The zero-order valence-electron chi connectivity index (χ0n) is 22.8. The Hall–Kier alpha value is -2.76. The first-order chi connectivity index (χ1) is 17.3. The number of rotatable bonds is 7. The van der Waals surface area contributed by atoms with Crippen LogP contribution in [0.15, 0.2) is 54.6 Å². The summed E-state index contributed by atoms with van der Waals surface area (Å²) < 4.78 is 2.15. The van der Waals surface area contributed by atoms with E-state index in [0.29, 0.717) is 11.5 Å². The van der Waals surface area contributed by atoms with Gasteiger partial charge in [-0.2, -0.15) is 0 Å². The Kier molecular flexibility index (Phi) is 6.88. The molecular formula is C31H41N5. The fraction of sp³-hybridized carbons (Fsp3) is 0.484. The molecule has 1 saturated carbocycles. The van der Waals surface area contributed by atoms with Crippen molar-refractivity contribution in [3.63, 3.8) is 0 Å². The second-order valence-corrected chi connectivity index (χ2v) is 11.4. The molecule has 1 saturated heterocycles. The molecule has 0 amide bonds. The standard InChI is InChI=1S/C31H41N5/c1-7-26-14-25(9-11-29(26)35-18-23(3)33-21-35)15-27-16-31(12-13-31)20-36(24(27)4)30(19-34(5)6)28-10-8-22(2)17-32-28/h8-11,14-15,17-18,21,24,30H,7,12-13,16,19-20H2,1-6H3/b27-15+. The van der Waals surface area contributed by atoms with Crippen LogP contribution in [-0.2, 0) is 6.42 Å². The Bertz CT molecular complexity index is 1230. The molecule has 2 atom stereocenters. The average Bonchev–Trinajstić information content (AvgIpc) is 3.46. The smallest absolute Gasteiger partial charge is 0.0995 e. The van der Waals surface area contributed by atoms with E-state index in [4.69, 9.17) is 4.98 Å². The quantitative estimate of drug-likeness (QED) is 0.413. The third-order valence-electron chi connectivity index (χ3n) is 8.13. The number of piperidine rings is 1. The van der Waals surface area contributed by atoms with Gasteiger partial charge in [0.15, 0.2) is 0 Å². The Morgan fingerprint density at radius 3 is 2.56 bits per heavy atom. The van der Waals surface area contributed by atoms with Crippen molar-refractivity contribution in [3.8, 4) is 5.69 Å². The van der Waals surface area contributed by atoms with Gasteiger partial charge in [-0.1, -0.05) is 30.7 Å². The first-order valence-electron chi connectivity index (χ1n) is 13.4. The lowest BCUT2D eigenvalue weighted by molar-refractivity contribution is 0.0789. The summed E-state index contributed by atoms with van der Waals surface area (Å²) in [6.45, 7) is 10.9. The summed E-state index contributed by atoms with van der Waals surface area (Å²) in [4.78, 5) is 14.4. The minimum Gasteiger partial charge on any atom is -0.307 e. The molecule has 1 aliphatic carbocycles. The Morgan fingerprint density at radius 1 is 1.14 bits per heavy atom. The highest BCUT2D eigenvalue weighted by Gasteiger charge is 2.50. The molecule has 0 bridgehead atoms. The molecule has 0 N–H and O–H groups in total. The summed E-state index contributed by atoms with van der Waals surface area (Å²) in [5, 5.41) is 0. The fourth-order valence-corrected chi connectivity index (χ4v) is 5.83. The molecule has 1 aliphatic heterocycles. The summed E-state index contributed by atoms with van der Waals surface area (Å²) >= 11 is 0. The van der Waals surface area contributed by atoms with E-state index in [1.54, 1.807) is 5.57 Å². The van der Waals surface area contributed by atoms with Gasteiger partial charge in [-0.3, -0.25) is 9.88 Å². The van der Waals surface area contributed by atoms with Gasteiger partial charge in [0.25, 0.3) is 0 Å².